The standard InChI is InChI=1S/C13H24N2O/c1-10-5-3-6-11(2)15(10)12(16)9-13(14)7-4-8-13/h10-11H,3-9,14H2,1-2H3. The van der Waals surface area contributed by atoms with Gasteiger partial charge in [0, 0.05) is 24.0 Å². The molecule has 2 N–H and O–H groups in total. The number of carbonyl (C=O) groups is 1. The lowest BCUT2D eigenvalue weighted by Gasteiger charge is -2.43. The molecule has 1 heterocycles. The maximum absolute atomic E-state index is 12.3. The zero-order chi connectivity index (χ0) is 11.8. The van der Waals surface area contributed by atoms with Crippen LogP contribution < -0.4 is 5.73 Å². The second-order valence-electron chi connectivity index (χ2n) is 5.82. The fraction of sp³-hybridized carbons (Fsp3) is 0.923. The zero-order valence-corrected chi connectivity index (χ0v) is 10.5. The smallest absolute Gasteiger partial charge is 0.224 e. The Morgan fingerprint density at radius 2 is 1.81 bits per heavy atom. The molecule has 0 radical (unpaired) electrons. The Hall–Kier alpha value is -0.570. The lowest BCUT2D eigenvalue weighted by Crippen LogP contribution is -2.54. The number of carbonyl (C=O) groups excluding carboxylic acids is 1. The molecule has 2 aliphatic rings. The normalized spacial score (nSPS) is 33.3. The second kappa shape index (κ2) is 4.36. The van der Waals surface area contributed by atoms with Crippen LogP contribution in [0.5, 0.6) is 0 Å². The third-order valence-corrected chi connectivity index (χ3v) is 4.33. The van der Waals surface area contributed by atoms with E-state index in [0.717, 1.165) is 25.7 Å². The quantitative estimate of drug-likeness (QED) is 0.780. The first-order chi connectivity index (χ1) is 7.52. The van der Waals surface area contributed by atoms with E-state index in [2.05, 4.69) is 18.7 Å². The highest BCUT2D eigenvalue weighted by Crippen LogP contribution is 2.34. The van der Waals surface area contributed by atoms with E-state index in [1.165, 1.54) is 12.8 Å². The molecule has 0 aromatic rings. The maximum Gasteiger partial charge on any atom is 0.224 e. The zero-order valence-electron chi connectivity index (χ0n) is 10.5. The Labute approximate surface area is 98.4 Å². The van der Waals surface area contributed by atoms with Gasteiger partial charge in [0.15, 0.2) is 0 Å². The molecule has 2 atom stereocenters. The molecule has 2 rings (SSSR count). The van der Waals surface area contributed by atoms with Crippen LogP contribution in [0.3, 0.4) is 0 Å². The first-order valence-corrected chi connectivity index (χ1v) is 6.62. The SMILES string of the molecule is CC1CCCC(C)N1C(=O)CC1(N)CCC1. The number of hydrogen-bond acceptors (Lipinski definition) is 2. The molecule has 1 saturated carbocycles. The van der Waals surface area contributed by atoms with Crippen LogP contribution in [0, 0.1) is 0 Å². The predicted octanol–water partition coefficient (Wildman–Crippen LogP) is 2.05. The molecular weight excluding hydrogens is 200 g/mol. The monoisotopic (exact) mass is 224 g/mol. The van der Waals surface area contributed by atoms with Crippen LogP contribution in [0.15, 0.2) is 0 Å². The Morgan fingerprint density at radius 3 is 2.25 bits per heavy atom. The highest BCUT2D eigenvalue weighted by molar-refractivity contribution is 5.78. The average Bonchev–Trinajstić information content (AvgIpc) is 2.15. The van der Waals surface area contributed by atoms with E-state index >= 15 is 0 Å². The van der Waals surface area contributed by atoms with Gasteiger partial charge in [-0.2, -0.15) is 0 Å². The fourth-order valence-electron chi connectivity index (χ4n) is 3.11. The van der Waals surface area contributed by atoms with E-state index in [1.807, 2.05) is 0 Å². The molecule has 92 valence electrons. The molecule has 16 heavy (non-hydrogen) atoms. The number of piperidine rings is 1. The van der Waals surface area contributed by atoms with Gasteiger partial charge in [-0.05, 0) is 52.4 Å². The summed E-state index contributed by atoms with van der Waals surface area (Å²) >= 11 is 0. The topological polar surface area (TPSA) is 46.3 Å². The van der Waals surface area contributed by atoms with Crippen molar-refractivity contribution in [3.8, 4) is 0 Å². The number of rotatable bonds is 2. The van der Waals surface area contributed by atoms with Crippen LogP contribution in [0.25, 0.3) is 0 Å². The number of amides is 1. The van der Waals surface area contributed by atoms with Crippen molar-refractivity contribution in [3.05, 3.63) is 0 Å². The molecule has 3 heteroatoms. The van der Waals surface area contributed by atoms with Gasteiger partial charge in [-0.3, -0.25) is 4.79 Å². The van der Waals surface area contributed by atoms with Gasteiger partial charge in [0.05, 0.1) is 0 Å². The minimum absolute atomic E-state index is 0.173. The summed E-state index contributed by atoms with van der Waals surface area (Å²) < 4.78 is 0. The minimum Gasteiger partial charge on any atom is -0.337 e. The van der Waals surface area contributed by atoms with Crippen LogP contribution in [-0.4, -0.2) is 28.4 Å². The lowest BCUT2D eigenvalue weighted by molar-refractivity contribution is -0.139. The highest BCUT2D eigenvalue weighted by Gasteiger charge is 2.38. The summed E-state index contributed by atoms with van der Waals surface area (Å²) in [4.78, 5) is 14.4. The summed E-state index contributed by atoms with van der Waals surface area (Å²) in [7, 11) is 0. The van der Waals surface area contributed by atoms with Crippen molar-refractivity contribution in [3.63, 3.8) is 0 Å². The van der Waals surface area contributed by atoms with Gasteiger partial charge in [0.1, 0.15) is 0 Å². The Bertz CT molecular complexity index is 263. The molecule has 1 aliphatic carbocycles. The van der Waals surface area contributed by atoms with Crippen LogP contribution in [0.1, 0.15) is 58.8 Å². The molecular formula is C13H24N2O. The predicted molar refractivity (Wildman–Crippen MR) is 65.0 cm³/mol. The van der Waals surface area contributed by atoms with Crippen LogP contribution in [-0.2, 0) is 4.79 Å². The van der Waals surface area contributed by atoms with E-state index in [0.29, 0.717) is 18.5 Å². The van der Waals surface area contributed by atoms with E-state index in [9.17, 15) is 4.79 Å². The van der Waals surface area contributed by atoms with E-state index in [-0.39, 0.29) is 11.4 Å². The molecule has 1 saturated heterocycles. The van der Waals surface area contributed by atoms with Gasteiger partial charge < -0.3 is 10.6 Å². The van der Waals surface area contributed by atoms with Gasteiger partial charge in [-0.25, -0.2) is 0 Å². The van der Waals surface area contributed by atoms with Crippen molar-refractivity contribution in [2.45, 2.75) is 76.4 Å². The molecule has 0 aromatic carbocycles. The number of likely N-dealkylation sites (tertiary alicyclic amines) is 1. The Morgan fingerprint density at radius 1 is 1.25 bits per heavy atom. The van der Waals surface area contributed by atoms with Crippen LogP contribution in [0.2, 0.25) is 0 Å². The molecule has 0 spiro atoms. The summed E-state index contributed by atoms with van der Waals surface area (Å²) in [6.07, 6.45) is 7.34. The van der Waals surface area contributed by atoms with Gasteiger partial charge in [-0.1, -0.05) is 0 Å². The molecule has 0 aromatic heterocycles. The van der Waals surface area contributed by atoms with Gasteiger partial charge >= 0.3 is 0 Å². The molecule has 0 bridgehead atoms. The highest BCUT2D eigenvalue weighted by atomic mass is 16.2. The first kappa shape index (κ1) is 11.9. The van der Waals surface area contributed by atoms with Crippen molar-refractivity contribution < 1.29 is 4.79 Å². The maximum atomic E-state index is 12.3. The van der Waals surface area contributed by atoms with Crippen molar-refractivity contribution in [2.24, 2.45) is 5.73 Å². The fourth-order valence-corrected chi connectivity index (χ4v) is 3.11. The third-order valence-electron chi connectivity index (χ3n) is 4.33. The van der Waals surface area contributed by atoms with Gasteiger partial charge in [0.25, 0.3) is 0 Å². The second-order valence-corrected chi connectivity index (χ2v) is 5.82. The molecule has 1 aliphatic heterocycles. The summed E-state index contributed by atoms with van der Waals surface area (Å²) in [5.74, 6) is 0.280. The molecule has 1 amide bonds. The summed E-state index contributed by atoms with van der Waals surface area (Å²) in [6.45, 7) is 4.33. The van der Waals surface area contributed by atoms with Crippen molar-refractivity contribution in [1.29, 1.82) is 0 Å². The van der Waals surface area contributed by atoms with Crippen LogP contribution >= 0.6 is 0 Å². The summed E-state index contributed by atoms with van der Waals surface area (Å²) in [5, 5.41) is 0. The van der Waals surface area contributed by atoms with Gasteiger partial charge in [-0.15, -0.1) is 0 Å². The van der Waals surface area contributed by atoms with Gasteiger partial charge in [0.2, 0.25) is 5.91 Å². The Kier molecular flexibility index (Phi) is 3.24. The largest absolute Gasteiger partial charge is 0.337 e. The third kappa shape index (κ3) is 2.24. The lowest BCUT2D eigenvalue weighted by atomic mass is 9.75. The number of nitrogens with zero attached hydrogens (tertiary/aromatic N) is 1. The summed E-state index contributed by atoms with van der Waals surface area (Å²) in [6, 6.07) is 0.805. The van der Waals surface area contributed by atoms with Crippen molar-refractivity contribution in [1.82, 2.24) is 4.90 Å². The number of nitrogens with two attached hydrogens (primary N) is 1. The van der Waals surface area contributed by atoms with Crippen molar-refractivity contribution >= 4 is 5.91 Å². The molecule has 2 unspecified atom stereocenters. The summed E-state index contributed by atoms with van der Waals surface area (Å²) in [5.41, 5.74) is 5.98. The molecule has 3 nitrogen and oxygen atoms in total. The Balaban J connectivity index is 1.96. The number of hydrogen-bond donors (Lipinski definition) is 1. The van der Waals surface area contributed by atoms with E-state index in [1.54, 1.807) is 0 Å². The van der Waals surface area contributed by atoms with Crippen molar-refractivity contribution in [2.75, 3.05) is 0 Å². The van der Waals surface area contributed by atoms with Crippen LogP contribution in [0.4, 0.5) is 0 Å². The molecule has 2 fully saturated rings. The first-order valence-electron chi connectivity index (χ1n) is 6.62. The van der Waals surface area contributed by atoms with E-state index < -0.39 is 0 Å². The minimum atomic E-state index is -0.173. The van der Waals surface area contributed by atoms with E-state index in [4.69, 9.17) is 5.73 Å². The average molecular weight is 224 g/mol.